The second-order valence-electron chi connectivity index (χ2n) is 6.24. The van der Waals surface area contributed by atoms with Crippen LogP contribution in [0.3, 0.4) is 0 Å². The highest BCUT2D eigenvalue weighted by atomic mass is 28.3. The Morgan fingerprint density at radius 2 is 1.57 bits per heavy atom. The number of carbonyl (C=O) groups excluding carboxylic acids is 1. The van der Waals surface area contributed by atoms with Gasteiger partial charge in [-0.15, -0.1) is 5.54 Å². The summed E-state index contributed by atoms with van der Waals surface area (Å²) in [4.78, 5) is 12.6. The van der Waals surface area contributed by atoms with E-state index in [4.69, 9.17) is 0 Å². The third-order valence-electron chi connectivity index (χ3n) is 3.06. The molecule has 1 nitrogen and oxygen atoms in total. The lowest BCUT2D eigenvalue weighted by Crippen LogP contribution is -2.16. The van der Waals surface area contributed by atoms with E-state index in [1.165, 1.54) is 0 Å². The third-order valence-corrected chi connectivity index (χ3v) is 3.93. The van der Waals surface area contributed by atoms with Crippen LogP contribution in [-0.2, 0) is 0 Å². The fourth-order valence-corrected chi connectivity index (χ4v) is 2.42. The highest BCUT2D eigenvalue weighted by molar-refractivity contribution is 6.83. The van der Waals surface area contributed by atoms with Crippen LogP contribution in [0.15, 0.2) is 48.5 Å². The zero-order chi connectivity index (χ0) is 15.5. The maximum absolute atomic E-state index is 12.6. The highest BCUT2D eigenvalue weighted by Crippen LogP contribution is 2.15. The van der Waals surface area contributed by atoms with E-state index >= 15 is 0 Å². The predicted octanol–water partition coefficient (Wildman–Crippen LogP) is 4.45. The topological polar surface area (TPSA) is 17.1 Å². The summed E-state index contributed by atoms with van der Waals surface area (Å²) < 4.78 is 0. The molecular formula is C19H20OSi. The van der Waals surface area contributed by atoms with E-state index in [-0.39, 0.29) is 5.78 Å². The highest BCUT2D eigenvalue weighted by Gasteiger charge is 2.13. The van der Waals surface area contributed by atoms with Crippen LogP contribution in [0.1, 0.15) is 27.0 Å². The minimum absolute atomic E-state index is 0.0375. The molecule has 2 aromatic carbocycles. The van der Waals surface area contributed by atoms with Gasteiger partial charge in [-0.2, -0.15) is 0 Å². The number of hydrogen-bond acceptors (Lipinski definition) is 1. The van der Waals surface area contributed by atoms with Crippen LogP contribution in [0, 0.1) is 18.4 Å². The summed E-state index contributed by atoms with van der Waals surface area (Å²) in [7, 11) is -1.46. The Morgan fingerprint density at radius 3 is 2.19 bits per heavy atom. The lowest BCUT2D eigenvalue weighted by Gasteiger charge is -2.06. The van der Waals surface area contributed by atoms with Gasteiger partial charge >= 0.3 is 0 Å². The van der Waals surface area contributed by atoms with Gasteiger partial charge in [-0.25, -0.2) is 0 Å². The molecule has 2 heteroatoms. The molecule has 21 heavy (non-hydrogen) atoms. The first-order valence-electron chi connectivity index (χ1n) is 7.10. The average Bonchev–Trinajstić information content (AvgIpc) is 2.45. The second kappa shape index (κ2) is 6.11. The normalized spacial score (nSPS) is 10.7. The number of benzene rings is 2. The van der Waals surface area contributed by atoms with Crippen molar-refractivity contribution in [2.24, 2.45) is 0 Å². The number of hydrogen-bond donors (Lipinski definition) is 0. The summed E-state index contributed by atoms with van der Waals surface area (Å²) in [6, 6.07) is 15.3. The number of ketones is 1. The van der Waals surface area contributed by atoms with Crippen molar-refractivity contribution in [3.63, 3.8) is 0 Å². The zero-order valence-electron chi connectivity index (χ0n) is 13.0. The lowest BCUT2D eigenvalue weighted by molar-refractivity contribution is 0.103. The monoisotopic (exact) mass is 292 g/mol. The van der Waals surface area contributed by atoms with Crippen LogP contribution < -0.4 is 0 Å². The summed E-state index contributed by atoms with van der Waals surface area (Å²) in [5.41, 5.74) is 6.70. The third kappa shape index (κ3) is 4.17. The van der Waals surface area contributed by atoms with Crippen LogP contribution in [0.4, 0.5) is 0 Å². The Morgan fingerprint density at radius 1 is 0.952 bits per heavy atom. The first-order chi connectivity index (χ1) is 9.87. The molecule has 106 valence electrons. The molecule has 0 heterocycles. The Kier molecular flexibility index (Phi) is 4.45. The Hall–Kier alpha value is -2.11. The molecule has 0 aliphatic rings. The van der Waals surface area contributed by atoms with Gasteiger partial charge in [0.1, 0.15) is 8.07 Å². The van der Waals surface area contributed by atoms with Crippen molar-refractivity contribution < 1.29 is 4.79 Å². The molecule has 0 fully saturated rings. The van der Waals surface area contributed by atoms with E-state index in [1.807, 2.05) is 55.5 Å². The van der Waals surface area contributed by atoms with E-state index in [9.17, 15) is 4.79 Å². The van der Waals surface area contributed by atoms with E-state index in [0.29, 0.717) is 11.1 Å². The molecule has 0 atom stereocenters. The fourth-order valence-electron chi connectivity index (χ4n) is 1.91. The van der Waals surface area contributed by atoms with Crippen molar-refractivity contribution in [3.05, 3.63) is 70.8 Å². The van der Waals surface area contributed by atoms with Crippen molar-refractivity contribution in [2.75, 3.05) is 0 Å². The Bertz CT molecular complexity index is 710. The van der Waals surface area contributed by atoms with Gasteiger partial charge in [-0.3, -0.25) is 4.79 Å². The van der Waals surface area contributed by atoms with Crippen LogP contribution >= 0.6 is 0 Å². The smallest absolute Gasteiger partial charge is 0.194 e. The van der Waals surface area contributed by atoms with Gasteiger partial charge in [0.2, 0.25) is 0 Å². The van der Waals surface area contributed by atoms with Gasteiger partial charge in [-0.05, 0) is 19.1 Å². The molecular weight excluding hydrogens is 272 g/mol. The molecule has 0 aliphatic heterocycles. The van der Waals surface area contributed by atoms with Gasteiger partial charge in [0, 0.05) is 16.7 Å². The average molecular weight is 292 g/mol. The summed E-state index contributed by atoms with van der Waals surface area (Å²) in [5.74, 6) is 3.24. The molecule has 0 unspecified atom stereocenters. The van der Waals surface area contributed by atoms with Gasteiger partial charge < -0.3 is 0 Å². The van der Waals surface area contributed by atoms with Gasteiger partial charge in [0.05, 0.1) is 0 Å². The molecule has 0 saturated carbocycles. The van der Waals surface area contributed by atoms with Crippen molar-refractivity contribution in [1.82, 2.24) is 0 Å². The van der Waals surface area contributed by atoms with E-state index in [2.05, 4.69) is 31.1 Å². The van der Waals surface area contributed by atoms with Crippen molar-refractivity contribution >= 4 is 13.9 Å². The maximum Gasteiger partial charge on any atom is 0.194 e. The summed E-state index contributed by atoms with van der Waals surface area (Å²) in [5, 5.41) is 0. The molecule has 0 bridgehead atoms. The van der Waals surface area contributed by atoms with Gasteiger partial charge in [0.15, 0.2) is 5.78 Å². The van der Waals surface area contributed by atoms with Crippen LogP contribution in [-0.4, -0.2) is 13.9 Å². The molecule has 0 amide bonds. The standard InChI is InChI=1S/C19H20OSi/c1-15-9-11-17(12-10-15)19(20)18-8-6-5-7-16(18)13-14-21(2,3)4/h5-12H,1-4H3. The van der Waals surface area contributed by atoms with E-state index < -0.39 is 8.07 Å². The summed E-state index contributed by atoms with van der Waals surface area (Å²) >= 11 is 0. The molecule has 2 rings (SSSR count). The van der Waals surface area contributed by atoms with Gasteiger partial charge in [-0.1, -0.05) is 67.5 Å². The van der Waals surface area contributed by atoms with Crippen molar-refractivity contribution in [3.8, 4) is 11.5 Å². The fraction of sp³-hybridized carbons (Fsp3) is 0.211. The molecule has 0 saturated heterocycles. The predicted molar refractivity (Wildman–Crippen MR) is 91.3 cm³/mol. The SMILES string of the molecule is Cc1ccc(C(=O)c2ccccc2C#C[Si](C)(C)C)cc1. The van der Waals surface area contributed by atoms with E-state index in [0.717, 1.165) is 11.1 Å². The Labute approximate surface area is 128 Å². The number of aryl methyl sites for hydroxylation is 1. The quantitative estimate of drug-likeness (QED) is 0.454. The van der Waals surface area contributed by atoms with Crippen molar-refractivity contribution in [2.45, 2.75) is 26.6 Å². The van der Waals surface area contributed by atoms with E-state index in [1.54, 1.807) is 0 Å². The first-order valence-corrected chi connectivity index (χ1v) is 10.6. The summed E-state index contributed by atoms with van der Waals surface area (Å²) in [6.45, 7) is 8.61. The Balaban J connectivity index is 2.42. The molecule has 2 aromatic rings. The molecule has 0 spiro atoms. The number of carbonyl (C=O) groups is 1. The summed E-state index contributed by atoms with van der Waals surface area (Å²) in [6.07, 6.45) is 0. The first kappa shape index (κ1) is 15.3. The molecule has 0 radical (unpaired) electrons. The van der Waals surface area contributed by atoms with Crippen molar-refractivity contribution in [1.29, 1.82) is 0 Å². The minimum atomic E-state index is -1.46. The molecule has 0 N–H and O–H groups in total. The van der Waals surface area contributed by atoms with Crippen LogP contribution in [0.25, 0.3) is 0 Å². The largest absolute Gasteiger partial charge is 0.289 e. The molecule has 0 aliphatic carbocycles. The zero-order valence-corrected chi connectivity index (χ0v) is 14.0. The molecule has 0 aromatic heterocycles. The lowest BCUT2D eigenvalue weighted by atomic mass is 9.98. The van der Waals surface area contributed by atoms with Crippen LogP contribution in [0.2, 0.25) is 19.6 Å². The van der Waals surface area contributed by atoms with Gasteiger partial charge in [0.25, 0.3) is 0 Å². The minimum Gasteiger partial charge on any atom is -0.289 e. The maximum atomic E-state index is 12.6. The number of rotatable bonds is 2. The second-order valence-corrected chi connectivity index (χ2v) is 11.0. The van der Waals surface area contributed by atoms with Crippen LogP contribution in [0.5, 0.6) is 0 Å².